The topological polar surface area (TPSA) is 69.6 Å². The van der Waals surface area contributed by atoms with Gasteiger partial charge in [0.25, 0.3) is 0 Å². The number of aliphatic carboxylic acids is 1. The molecule has 1 saturated heterocycles. The molecule has 0 radical (unpaired) electrons. The third-order valence-corrected chi connectivity index (χ3v) is 4.41. The number of hydrogen-bond acceptors (Lipinski definition) is 3. The fraction of sp³-hybridized carbons (Fsp3) is 0.571. The summed E-state index contributed by atoms with van der Waals surface area (Å²) in [4.78, 5) is 26.0. The van der Waals surface area contributed by atoms with E-state index >= 15 is 0 Å². The Morgan fingerprint density at radius 2 is 2.40 bits per heavy atom. The molecule has 2 rings (SSSR count). The fourth-order valence-corrected chi connectivity index (χ4v) is 3.28. The lowest BCUT2D eigenvalue weighted by atomic mass is 9.99. The van der Waals surface area contributed by atoms with Gasteiger partial charge in [-0.1, -0.05) is 6.07 Å². The average Bonchev–Trinajstić information content (AvgIpc) is 2.91. The van der Waals surface area contributed by atoms with E-state index in [2.05, 4.69) is 11.4 Å². The summed E-state index contributed by atoms with van der Waals surface area (Å²) >= 11 is 1.68. The lowest BCUT2D eigenvalue weighted by molar-refractivity contribution is -0.143. The Morgan fingerprint density at radius 1 is 1.60 bits per heavy atom. The van der Waals surface area contributed by atoms with Crippen molar-refractivity contribution in [2.45, 2.75) is 32.2 Å². The van der Waals surface area contributed by atoms with Gasteiger partial charge in [-0.15, -0.1) is 11.3 Å². The lowest BCUT2D eigenvalue weighted by Gasteiger charge is -2.31. The van der Waals surface area contributed by atoms with Gasteiger partial charge in [0.2, 0.25) is 0 Å². The number of amides is 2. The van der Waals surface area contributed by atoms with Gasteiger partial charge >= 0.3 is 12.0 Å². The van der Waals surface area contributed by atoms with Crippen LogP contribution in [0.3, 0.4) is 0 Å². The number of carbonyl (C=O) groups is 2. The highest BCUT2D eigenvalue weighted by atomic mass is 32.1. The number of rotatable bonds is 4. The van der Waals surface area contributed by atoms with E-state index in [1.54, 1.807) is 16.2 Å². The van der Waals surface area contributed by atoms with Crippen molar-refractivity contribution >= 4 is 23.3 Å². The summed E-state index contributed by atoms with van der Waals surface area (Å²) in [6, 6.07) is 3.94. The van der Waals surface area contributed by atoms with Crippen molar-refractivity contribution in [3.63, 3.8) is 0 Å². The van der Waals surface area contributed by atoms with Gasteiger partial charge in [-0.3, -0.25) is 4.79 Å². The molecule has 1 aliphatic rings. The summed E-state index contributed by atoms with van der Waals surface area (Å²) in [5.41, 5.74) is 0. The predicted molar refractivity (Wildman–Crippen MR) is 77.9 cm³/mol. The van der Waals surface area contributed by atoms with Crippen LogP contribution >= 0.6 is 11.3 Å². The van der Waals surface area contributed by atoms with Crippen molar-refractivity contribution in [2.75, 3.05) is 13.1 Å². The monoisotopic (exact) mass is 296 g/mol. The molecule has 0 saturated carbocycles. The maximum atomic E-state index is 12.1. The average molecular weight is 296 g/mol. The molecule has 0 spiro atoms. The maximum Gasteiger partial charge on any atom is 0.317 e. The van der Waals surface area contributed by atoms with Crippen molar-refractivity contribution in [2.24, 2.45) is 5.92 Å². The fourth-order valence-electron chi connectivity index (χ4n) is 2.45. The molecule has 0 aliphatic carbocycles. The molecular formula is C14H20N2O3S. The Hall–Kier alpha value is -1.56. The van der Waals surface area contributed by atoms with Crippen LogP contribution in [0.5, 0.6) is 0 Å². The third-order valence-electron chi connectivity index (χ3n) is 3.52. The number of thiophene rings is 1. The predicted octanol–water partition coefficient (Wildman–Crippen LogP) is 2.19. The van der Waals surface area contributed by atoms with Crippen LogP contribution in [0.2, 0.25) is 0 Å². The molecule has 2 atom stereocenters. The molecule has 1 unspecified atom stereocenters. The zero-order chi connectivity index (χ0) is 14.5. The van der Waals surface area contributed by atoms with Gasteiger partial charge in [-0.25, -0.2) is 4.79 Å². The normalized spacial score (nSPS) is 20.4. The van der Waals surface area contributed by atoms with E-state index in [-0.39, 0.29) is 12.1 Å². The minimum Gasteiger partial charge on any atom is -0.481 e. The zero-order valence-corrected chi connectivity index (χ0v) is 12.4. The number of carboxylic acids is 1. The lowest BCUT2D eigenvalue weighted by Crippen LogP contribution is -2.49. The van der Waals surface area contributed by atoms with Crippen molar-refractivity contribution in [1.82, 2.24) is 10.2 Å². The van der Waals surface area contributed by atoms with E-state index in [0.717, 1.165) is 12.8 Å². The van der Waals surface area contributed by atoms with E-state index in [1.807, 2.05) is 18.4 Å². The highest BCUT2D eigenvalue weighted by Crippen LogP contribution is 2.17. The van der Waals surface area contributed by atoms with Crippen LogP contribution in [0.15, 0.2) is 17.5 Å². The summed E-state index contributed by atoms with van der Waals surface area (Å²) in [5.74, 6) is -1.24. The quantitative estimate of drug-likeness (QED) is 0.894. The first-order chi connectivity index (χ1) is 9.56. The second-order valence-corrected chi connectivity index (χ2v) is 6.29. The van der Waals surface area contributed by atoms with Crippen LogP contribution < -0.4 is 5.32 Å². The molecule has 1 fully saturated rings. The Kier molecular flexibility index (Phi) is 5.00. The van der Waals surface area contributed by atoms with Gasteiger partial charge in [-0.05, 0) is 31.2 Å². The second-order valence-electron chi connectivity index (χ2n) is 5.26. The van der Waals surface area contributed by atoms with Gasteiger partial charge in [-0.2, -0.15) is 0 Å². The molecule has 1 aromatic rings. The number of piperidine rings is 1. The molecule has 2 N–H and O–H groups in total. The van der Waals surface area contributed by atoms with Crippen molar-refractivity contribution in [3.8, 4) is 0 Å². The zero-order valence-electron chi connectivity index (χ0n) is 11.5. The minimum atomic E-state index is -0.811. The van der Waals surface area contributed by atoms with Crippen LogP contribution in [0.25, 0.3) is 0 Å². The summed E-state index contributed by atoms with van der Waals surface area (Å²) in [7, 11) is 0. The Morgan fingerprint density at radius 3 is 3.05 bits per heavy atom. The summed E-state index contributed by atoms with van der Waals surface area (Å²) in [5, 5.41) is 14.0. The molecule has 20 heavy (non-hydrogen) atoms. The molecule has 0 aromatic carbocycles. The van der Waals surface area contributed by atoms with E-state index in [4.69, 9.17) is 5.11 Å². The standard InChI is InChI=1S/C14H20N2O3S/c1-10(8-12-5-3-7-20-12)15-14(19)16-6-2-4-11(9-16)13(17)18/h3,5,7,10-11H,2,4,6,8-9H2,1H3,(H,15,19)(H,17,18)/t10?,11-/m1/s1. The first-order valence-electron chi connectivity index (χ1n) is 6.87. The number of nitrogens with one attached hydrogen (secondary N) is 1. The van der Waals surface area contributed by atoms with Crippen LogP contribution in [0.4, 0.5) is 4.79 Å². The molecule has 2 heterocycles. The Labute approximate surface area is 122 Å². The number of nitrogens with zero attached hydrogens (tertiary/aromatic N) is 1. The first-order valence-corrected chi connectivity index (χ1v) is 7.75. The minimum absolute atomic E-state index is 0.0476. The molecule has 2 amide bonds. The number of carboxylic acid groups (broad SMARTS) is 1. The highest BCUT2D eigenvalue weighted by Gasteiger charge is 2.28. The van der Waals surface area contributed by atoms with Crippen molar-refractivity contribution < 1.29 is 14.7 Å². The number of likely N-dealkylation sites (tertiary alicyclic amines) is 1. The summed E-state index contributed by atoms with van der Waals surface area (Å²) < 4.78 is 0. The van der Waals surface area contributed by atoms with Gasteiger partial charge < -0.3 is 15.3 Å². The molecule has 1 aromatic heterocycles. The molecule has 6 heteroatoms. The Bertz CT molecular complexity index is 461. The Balaban J connectivity index is 1.83. The van der Waals surface area contributed by atoms with E-state index in [1.165, 1.54) is 4.88 Å². The van der Waals surface area contributed by atoms with Crippen molar-refractivity contribution in [3.05, 3.63) is 22.4 Å². The third kappa shape index (κ3) is 3.96. The van der Waals surface area contributed by atoms with Crippen LogP contribution in [0, 0.1) is 5.92 Å². The number of urea groups is 1. The number of carbonyl (C=O) groups excluding carboxylic acids is 1. The molecule has 1 aliphatic heterocycles. The van der Waals surface area contributed by atoms with Crippen LogP contribution in [-0.2, 0) is 11.2 Å². The molecule has 5 nitrogen and oxygen atoms in total. The van der Waals surface area contributed by atoms with E-state index in [0.29, 0.717) is 19.5 Å². The first kappa shape index (κ1) is 14.8. The largest absolute Gasteiger partial charge is 0.481 e. The van der Waals surface area contributed by atoms with E-state index < -0.39 is 11.9 Å². The van der Waals surface area contributed by atoms with Gasteiger partial charge in [0.15, 0.2) is 0 Å². The van der Waals surface area contributed by atoms with Gasteiger partial charge in [0.1, 0.15) is 0 Å². The second kappa shape index (κ2) is 6.74. The summed E-state index contributed by atoms with van der Waals surface area (Å²) in [6.07, 6.45) is 2.22. The summed E-state index contributed by atoms with van der Waals surface area (Å²) in [6.45, 7) is 2.92. The van der Waals surface area contributed by atoms with Crippen molar-refractivity contribution in [1.29, 1.82) is 0 Å². The van der Waals surface area contributed by atoms with Gasteiger partial charge in [0, 0.05) is 30.4 Å². The smallest absolute Gasteiger partial charge is 0.317 e. The molecular weight excluding hydrogens is 276 g/mol. The highest BCUT2D eigenvalue weighted by molar-refractivity contribution is 7.09. The SMILES string of the molecule is CC(Cc1cccs1)NC(=O)N1CCC[C@@H](C(=O)O)C1. The molecule has 110 valence electrons. The van der Waals surface area contributed by atoms with Crippen LogP contribution in [-0.4, -0.2) is 41.1 Å². The van der Waals surface area contributed by atoms with Gasteiger partial charge in [0.05, 0.1) is 5.92 Å². The maximum absolute atomic E-state index is 12.1. The van der Waals surface area contributed by atoms with Crippen LogP contribution in [0.1, 0.15) is 24.6 Å². The van der Waals surface area contributed by atoms with E-state index in [9.17, 15) is 9.59 Å². The number of hydrogen-bond donors (Lipinski definition) is 2. The molecule has 0 bridgehead atoms.